The first kappa shape index (κ1) is 28.1. The molecule has 9 heteroatoms. The summed E-state index contributed by atoms with van der Waals surface area (Å²) >= 11 is 2.67. The molecule has 0 fully saturated rings. The molecule has 1 atom stereocenters. The van der Waals surface area contributed by atoms with Crippen LogP contribution in [-0.4, -0.2) is 33.8 Å². The second kappa shape index (κ2) is 11.6. The smallest absolute Gasteiger partial charge is 0.341 e. The Balaban J connectivity index is 1.42. The van der Waals surface area contributed by atoms with Gasteiger partial charge < -0.3 is 10.1 Å². The van der Waals surface area contributed by atoms with Crippen LogP contribution in [-0.2, 0) is 22.4 Å². The topological polar surface area (TPSA) is 90.3 Å². The lowest BCUT2D eigenvalue weighted by Crippen LogP contribution is -2.26. The molecule has 0 saturated heterocycles. The Morgan fingerprint density at radius 3 is 2.58 bits per heavy atom. The summed E-state index contributed by atoms with van der Waals surface area (Å²) in [5, 5.41) is 4.46. The molecule has 1 aliphatic carbocycles. The Hall–Kier alpha value is -3.43. The number of esters is 1. The lowest BCUT2D eigenvalue weighted by Gasteiger charge is -2.33. The van der Waals surface area contributed by atoms with E-state index >= 15 is 0 Å². The highest BCUT2D eigenvalue weighted by molar-refractivity contribution is 7.99. The lowest BCUT2D eigenvalue weighted by atomic mass is 9.72. The molecule has 208 valence electrons. The highest BCUT2D eigenvalue weighted by Crippen LogP contribution is 2.44. The predicted molar refractivity (Wildman–Crippen MR) is 162 cm³/mol. The molecule has 0 spiro atoms. The molecule has 2 aromatic heterocycles. The standard InChI is InChI=1S/C31H33N3O4S2/c1-5-38-29(37)26-22-16-15-19(31(2,3)4)17-24(22)40-27(26)33-25(35)18-39-30-32-23-14-10-9-13-21(23)28(36)34(30)20-11-7-6-8-12-20/h6-14,19H,5,15-18H2,1-4H3,(H,33,35)/t19-/m1/s1. The number of rotatable bonds is 7. The number of amides is 1. The molecule has 0 unspecified atom stereocenters. The first-order valence-electron chi connectivity index (χ1n) is 13.5. The van der Waals surface area contributed by atoms with Gasteiger partial charge in [0.1, 0.15) is 5.00 Å². The van der Waals surface area contributed by atoms with Gasteiger partial charge in [-0.2, -0.15) is 0 Å². The van der Waals surface area contributed by atoms with Gasteiger partial charge in [0.15, 0.2) is 5.16 Å². The van der Waals surface area contributed by atoms with E-state index in [0.29, 0.717) is 38.2 Å². The van der Waals surface area contributed by atoms with Crippen LogP contribution in [0.15, 0.2) is 64.5 Å². The number of thioether (sulfide) groups is 1. The fraction of sp³-hybridized carbons (Fsp3) is 0.355. The molecule has 5 rings (SSSR count). The number of hydrogen-bond acceptors (Lipinski definition) is 7. The van der Waals surface area contributed by atoms with Crippen molar-refractivity contribution in [2.75, 3.05) is 17.7 Å². The molecule has 0 saturated carbocycles. The van der Waals surface area contributed by atoms with Gasteiger partial charge >= 0.3 is 5.97 Å². The molecule has 4 aromatic rings. The minimum atomic E-state index is -0.397. The summed E-state index contributed by atoms with van der Waals surface area (Å²) in [5.74, 6) is -0.149. The average molecular weight is 576 g/mol. The molecule has 0 bridgehead atoms. The molecule has 1 N–H and O–H groups in total. The Bertz CT molecular complexity index is 1620. The number of benzene rings is 2. The van der Waals surface area contributed by atoms with Gasteiger partial charge in [-0.1, -0.05) is 62.9 Å². The molecule has 1 amide bonds. The van der Waals surface area contributed by atoms with Gasteiger partial charge in [0.05, 0.1) is 34.5 Å². The van der Waals surface area contributed by atoms with Crippen LogP contribution in [0.5, 0.6) is 0 Å². The predicted octanol–water partition coefficient (Wildman–Crippen LogP) is 6.51. The van der Waals surface area contributed by atoms with E-state index < -0.39 is 5.97 Å². The van der Waals surface area contributed by atoms with Crippen LogP contribution in [0.4, 0.5) is 5.00 Å². The number of thiophene rings is 1. The summed E-state index contributed by atoms with van der Waals surface area (Å²) in [6, 6.07) is 16.5. The lowest BCUT2D eigenvalue weighted by molar-refractivity contribution is -0.113. The van der Waals surface area contributed by atoms with Crippen LogP contribution in [0.25, 0.3) is 16.6 Å². The van der Waals surface area contributed by atoms with Gasteiger partial charge in [-0.25, -0.2) is 9.78 Å². The summed E-state index contributed by atoms with van der Waals surface area (Å²) < 4.78 is 6.92. The Morgan fingerprint density at radius 1 is 1.12 bits per heavy atom. The van der Waals surface area contributed by atoms with Crippen LogP contribution in [0.2, 0.25) is 0 Å². The van der Waals surface area contributed by atoms with Crippen molar-refractivity contribution in [1.82, 2.24) is 9.55 Å². The molecule has 0 radical (unpaired) electrons. The quantitative estimate of drug-likeness (QED) is 0.154. The Morgan fingerprint density at radius 2 is 1.85 bits per heavy atom. The minimum Gasteiger partial charge on any atom is -0.462 e. The molecule has 2 aromatic carbocycles. The monoisotopic (exact) mass is 575 g/mol. The van der Waals surface area contributed by atoms with E-state index in [1.807, 2.05) is 42.5 Å². The summed E-state index contributed by atoms with van der Waals surface area (Å²) in [6.45, 7) is 8.79. The van der Waals surface area contributed by atoms with Crippen LogP contribution in [0, 0.1) is 11.3 Å². The third-order valence-corrected chi connectivity index (χ3v) is 9.42. The zero-order chi connectivity index (χ0) is 28.4. The second-order valence-corrected chi connectivity index (χ2v) is 13.0. The number of aromatic nitrogens is 2. The number of nitrogens with one attached hydrogen (secondary N) is 1. The van der Waals surface area contributed by atoms with Gasteiger partial charge in [0.25, 0.3) is 5.56 Å². The van der Waals surface area contributed by atoms with Crippen molar-refractivity contribution in [2.45, 2.75) is 52.1 Å². The molecule has 1 aliphatic rings. The highest BCUT2D eigenvalue weighted by Gasteiger charge is 2.34. The average Bonchev–Trinajstić information content (AvgIpc) is 3.29. The summed E-state index contributed by atoms with van der Waals surface area (Å²) in [5.41, 5.74) is 2.71. The van der Waals surface area contributed by atoms with E-state index in [1.54, 1.807) is 23.6 Å². The second-order valence-electron chi connectivity index (χ2n) is 11.0. The number of anilines is 1. The van der Waals surface area contributed by atoms with Crippen LogP contribution < -0.4 is 10.9 Å². The number of nitrogens with zero attached hydrogens (tertiary/aromatic N) is 2. The molecule has 7 nitrogen and oxygen atoms in total. The van der Waals surface area contributed by atoms with Crippen molar-refractivity contribution in [3.63, 3.8) is 0 Å². The van der Waals surface area contributed by atoms with E-state index in [0.717, 1.165) is 29.7 Å². The van der Waals surface area contributed by atoms with Crippen molar-refractivity contribution in [3.05, 3.63) is 81.0 Å². The van der Waals surface area contributed by atoms with Crippen molar-refractivity contribution in [2.24, 2.45) is 11.3 Å². The van der Waals surface area contributed by atoms with Crippen molar-refractivity contribution in [3.8, 4) is 5.69 Å². The van der Waals surface area contributed by atoms with Crippen molar-refractivity contribution in [1.29, 1.82) is 0 Å². The number of para-hydroxylation sites is 2. The maximum Gasteiger partial charge on any atom is 0.341 e. The zero-order valence-corrected chi connectivity index (χ0v) is 24.8. The zero-order valence-electron chi connectivity index (χ0n) is 23.2. The SMILES string of the molecule is CCOC(=O)c1c(NC(=O)CSc2nc3ccccc3c(=O)n2-c2ccccc2)sc2c1CC[C@@H](C(C)(C)C)C2. The number of carbonyl (C=O) groups is 2. The number of hydrogen-bond donors (Lipinski definition) is 1. The van der Waals surface area contributed by atoms with Crippen LogP contribution >= 0.6 is 23.1 Å². The highest BCUT2D eigenvalue weighted by atomic mass is 32.2. The van der Waals surface area contributed by atoms with Crippen LogP contribution in [0.3, 0.4) is 0 Å². The molecular weight excluding hydrogens is 542 g/mol. The maximum absolute atomic E-state index is 13.4. The Labute approximate surface area is 242 Å². The van der Waals surface area contributed by atoms with Crippen LogP contribution in [0.1, 0.15) is 54.9 Å². The van der Waals surface area contributed by atoms with Gasteiger partial charge in [-0.3, -0.25) is 14.2 Å². The van der Waals surface area contributed by atoms with E-state index in [-0.39, 0.29) is 29.2 Å². The first-order valence-corrected chi connectivity index (χ1v) is 15.3. The van der Waals surface area contributed by atoms with Gasteiger partial charge in [-0.15, -0.1) is 11.3 Å². The van der Waals surface area contributed by atoms with E-state index in [9.17, 15) is 14.4 Å². The van der Waals surface area contributed by atoms with Gasteiger partial charge in [0.2, 0.25) is 5.91 Å². The number of carbonyl (C=O) groups excluding carboxylic acids is 2. The normalized spacial score (nSPS) is 15.1. The van der Waals surface area contributed by atoms with Gasteiger partial charge in [0, 0.05) is 4.88 Å². The molecule has 2 heterocycles. The van der Waals surface area contributed by atoms with Crippen molar-refractivity contribution < 1.29 is 14.3 Å². The Kier molecular flexibility index (Phi) is 8.14. The van der Waals surface area contributed by atoms with E-state index in [1.165, 1.54) is 23.1 Å². The molecule has 40 heavy (non-hydrogen) atoms. The van der Waals surface area contributed by atoms with Crippen molar-refractivity contribution >= 4 is 50.9 Å². The third-order valence-electron chi connectivity index (χ3n) is 7.31. The molecule has 0 aliphatic heterocycles. The fourth-order valence-corrected chi connectivity index (χ4v) is 7.28. The maximum atomic E-state index is 13.4. The van der Waals surface area contributed by atoms with Gasteiger partial charge in [-0.05, 0) is 67.3 Å². The first-order chi connectivity index (χ1) is 19.2. The molecular formula is C31H33N3O4S2. The number of ether oxygens (including phenoxy) is 1. The number of fused-ring (bicyclic) bond motifs is 2. The summed E-state index contributed by atoms with van der Waals surface area (Å²) in [7, 11) is 0. The largest absolute Gasteiger partial charge is 0.462 e. The third kappa shape index (κ3) is 5.71. The minimum absolute atomic E-state index is 0.0209. The van der Waals surface area contributed by atoms with E-state index in [4.69, 9.17) is 9.72 Å². The summed E-state index contributed by atoms with van der Waals surface area (Å²) in [4.78, 5) is 45.5. The van der Waals surface area contributed by atoms with E-state index in [2.05, 4.69) is 26.1 Å². The summed E-state index contributed by atoms with van der Waals surface area (Å²) in [6.07, 6.45) is 2.66. The fourth-order valence-electron chi connectivity index (χ4n) is 5.14.